The molecule has 0 aromatic carbocycles. The van der Waals surface area contributed by atoms with Crippen molar-refractivity contribution in [3.8, 4) is 0 Å². The predicted octanol–water partition coefficient (Wildman–Crippen LogP) is 1.03. The van der Waals surface area contributed by atoms with Crippen LogP contribution in [-0.4, -0.2) is 53.6 Å². The van der Waals surface area contributed by atoms with Gasteiger partial charge in [0.2, 0.25) is 11.8 Å². The normalized spacial score (nSPS) is 18.6. The SMILES string of the molecule is CN(CC(C)(C)NC(=O)OC(C)(C)C)C(=O)C1CCC(=O)N1. The monoisotopic (exact) mass is 313 g/mol. The van der Waals surface area contributed by atoms with E-state index in [1.807, 2.05) is 13.8 Å². The van der Waals surface area contributed by atoms with Crippen LogP contribution in [0.3, 0.4) is 0 Å². The topological polar surface area (TPSA) is 87.7 Å². The van der Waals surface area contributed by atoms with Crippen LogP contribution in [0.25, 0.3) is 0 Å². The summed E-state index contributed by atoms with van der Waals surface area (Å²) in [6.45, 7) is 9.31. The summed E-state index contributed by atoms with van der Waals surface area (Å²) in [5, 5.41) is 5.41. The Balaban J connectivity index is 2.54. The fourth-order valence-corrected chi connectivity index (χ4v) is 2.36. The van der Waals surface area contributed by atoms with Crippen LogP contribution in [0.1, 0.15) is 47.5 Å². The van der Waals surface area contributed by atoms with Gasteiger partial charge < -0.3 is 20.3 Å². The molecule has 1 aliphatic rings. The number of likely N-dealkylation sites (N-methyl/N-ethyl adjacent to an activating group) is 1. The molecule has 1 saturated heterocycles. The van der Waals surface area contributed by atoms with Gasteiger partial charge in [-0.2, -0.15) is 0 Å². The van der Waals surface area contributed by atoms with Gasteiger partial charge >= 0.3 is 6.09 Å². The number of carbonyl (C=O) groups excluding carboxylic acids is 3. The van der Waals surface area contributed by atoms with Crippen LogP contribution in [-0.2, 0) is 14.3 Å². The Morgan fingerprint density at radius 3 is 2.36 bits per heavy atom. The zero-order chi connectivity index (χ0) is 17.1. The maximum Gasteiger partial charge on any atom is 0.408 e. The highest BCUT2D eigenvalue weighted by atomic mass is 16.6. The molecule has 0 aromatic heterocycles. The van der Waals surface area contributed by atoms with Crippen LogP contribution in [0.2, 0.25) is 0 Å². The first-order chi connectivity index (χ1) is 9.89. The number of rotatable bonds is 4. The van der Waals surface area contributed by atoms with E-state index in [1.165, 1.54) is 4.90 Å². The Morgan fingerprint density at radius 1 is 1.32 bits per heavy atom. The quantitative estimate of drug-likeness (QED) is 0.811. The second-order valence-corrected chi connectivity index (χ2v) is 7.36. The third kappa shape index (κ3) is 5.91. The minimum absolute atomic E-state index is 0.0992. The summed E-state index contributed by atoms with van der Waals surface area (Å²) < 4.78 is 5.22. The zero-order valence-corrected chi connectivity index (χ0v) is 14.3. The summed E-state index contributed by atoms with van der Waals surface area (Å²) in [5.74, 6) is -0.247. The van der Waals surface area contributed by atoms with Crippen molar-refractivity contribution in [2.75, 3.05) is 13.6 Å². The number of alkyl carbamates (subject to hydrolysis) is 1. The summed E-state index contributed by atoms with van der Waals surface area (Å²) >= 11 is 0. The Bertz CT molecular complexity index is 454. The smallest absolute Gasteiger partial charge is 0.408 e. The third-order valence-corrected chi connectivity index (χ3v) is 3.14. The Kier molecular flexibility index (Phi) is 5.43. The van der Waals surface area contributed by atoms with Crippen molar-refractivity contribution in [2.45, 2.75) is 64.6 Å². The number of hydrogen-bond donors (Lipinski definition) is 2. The number of ether oxygens (including phenoxy) is 1. The molecule has 1 fully saturated rings. The van der Waals surface area contributed by atoms with Crippen molar-refractivity contribution < 1.29 is 19.1 Å². The maximum atomic E-state index is 12.3. The minimum Gasteiger partial charge on any atom is -0.444 e. The maximum absolute atomic E-state index is 12.3. The van der Waals surface area contributed by atoms with Crippen LogP contribution in [0.4, 0.5) is 4.79 Å². The largest absolute Gasteiger partial charge is 0.444 e. The van der Waals surface area contributed by atoms with Crippen LogP contribution in [0.15, 0.2) is 0 Å². The molecule has 1 atom stereocenters. The Morgan fingerprint density at radius 2 is 1.91 bits per heavy atom. The average Bonchev–Trinajstić information content (AvgIpc) is 2.70. The third-order valence-electron chi connectivity index (χ3n) is 3.14. The molecule has 126 valence electrons. The average molecular weight is 313 g/mol. The van der Waals surface area contributed by atoms with Crippen molar-refractivity contribution >= 4 is 17.9 Å². The molecule has 0 aromatic rings. The number of amides is 3. The first-order valence-corrected chi connectivity index (χ1v) is 7.45. The first kappa shape index (κ1) is 18.3. The second-order valence-electron chi connectivity index (χ2n) is 7.36. The number of hydrogen-bond acceptors (Lipinski definition) is 4. The molecule has 0 saturated carbocycles. The van der Waals surface area contributed by atoms with Crippen LogP contribution in [0, 0.1) is 0 Å². The highest BCUT2D eigenvalue weighted by Crippen LogP contribution is 2.13. The molecule has 1 aliphatic heterocycles. The van der Waals surface area contributed by atoms with E-state index in [4.69, 9.17) is 4.74 Å². The highest BCUT2D eigenvalue weighted by molar-refractivity contribution is 5.90. The number of carbonyl (C=O) groups is 3. The molecule has 0 spiro atoms. The predicted molar refractivity (Wildman–Crippen MR) is 82.3 cm³/mol. The lowest BCUT2D eigenvalue weighted by Gasteiger charge is -2.33. The van der Waals surface area contributed by atoms with E-state index < -0.39 is 23.3 Å². The van der Waals surface area contributed by atoms with Gasteiger partial charge in [-0.3, -0.25) is 9.59 Å². The molecule has 22 heavy (non-hydrogen) atoms. The van der Waals surface area contributed by atoms with Gasteiger partial charge in [-0.25, -0.2) is 4.79 Å². The Hall–Kier alpha value is -1.79. The summed E-state index contributed by atoms with van der Waals surface area (Å²) in [4.78, 5) is 36.8. The van der Waals surface area contributed by atoms with Gasteiger partial charge in [-0.1, -0.05) is 0 Å². The van der Waals surface area contributed by atoms with Gasteiger partial charge in [0.05, 0.1) is 5.54 Å². The summed E-state index contributed by atoms with van der Waals surface area (Å²) in [7, 11) is 1.66. The van der Waals surface area contributed by atoms with Gasteiger partial charge in [0.1, 0.15) is 11.6 Å². The van der Waals surface area contributed by atoms with E-state index in [2.05, 4.69) is 10.6 Å². The van der Waals surface area contributed by atoms with E-state index in [9.17, 15) is 14.4 Å². The van der Waals surface area contributed by atoms with E-state index in [-0.39, 0.29) is 11.8 Å². The fourth-order valence-electron chi connectivity index (χ4n) is 2.36. The number of nitrogens with zero attached hydrogens (tertiary/aromatic N) is 1. The van der Waals surface area contributed by atoms with Gasteiger partial charge in [0.25, 0.3) is 0 Å². The highest BCUT2D eigenvalue weighted by Gasteiger charge is 2.32. The minimum atomic E-state index is -0.643. The van der Waals surface area contributed by atoms with E-state index in [0.29, 0.717) is 19.4 Å². The molecule has 7 heteroatoms. The van der Waals surface area contributed by atoms with E-state index >= 15 is 0 Å². The molecule has 0 bridgehead atoms. The van der Waals surface area contributed by atoms with Gasteiger partial charge in [-0.05, 0) is 41.0 Å². The number of nitrogens with one attached hydrogen (secondary N) is 2. The van der Waals surface area contributed by atoms with Crippen molar-refractivity contribution in [3.63, 3.8) is 0 Å². The molecule has 7 nitrogen and oxygen atoms in total. The zero-order valence-electron chi connectivity index (χ0n) is 14.3. The van der Waals surface area contributed by atoms with Gasteiger partial charge in [0.15, 0.2) is 0 Å². The molecule has 1 unspecified atom stereocenters. The first-order valence-electron chi connectivity index (χ1n) is 7.45. The summed E-state index contributed by atoms with van der Waals surface area (Å²) in [6.07, 6.45) is 0.374. The lowest BCUT2D eigenvalue weighted by molar-refractivity contribution is -0.133. The van der Waals surface area contributed by atoms with Gasteiger partial charge in [-0.15, -0.1) is 0 Å². The molecule has 3 amide bonds. The lowest BCUT2D eigenvalue weighted by Crippen LogP contribution is -2.55. The second kappa shape index (κ2) is 6.54. The standard InChI is InChI=1S/C15H27N3O4/c1-14(2,3)22-13(21)17-15(4,5)9-18(6)12(20)10-7-8-11(19)16-10/h10H,7-9H2,1-6H3,(H,16,19)(H,17,21). The van der Waals surface area contributed by atoms with E-state index in [0.717, 1.165) is 0 Å². The lowest BCUT2D eigenvalue weighted by atomic mass is 10.0. The van der Waals surface area contributed by atoms with E-state index in [1.54, 1.807) is 27.8 Å². The van der Waals surface area contributed by atoms with Crippen LogP contribution in [0.5, 0.6) is 0 Å². The van der Waals surface area contributed by atoms with Gasteiger partial charge in [0, 0.05) is 20.0 Å². The summed E-state index contributed by atoms with van der Waals surface area (Å²) in [5.41, 5.74) is -1.22. The van der Waals surface area contributed by atoms with Crippen molar-refractivity contribution in [2.24, 2.45) is 0 Å². The summed E-state index contributed by atoms with van der Waals surface area (Å²) in [6, 6.07) is -0.463. The molecular weight excluding hydrogens is 286 g/mol. The molecule has 2 N–H and O–H groups in total. The molecule has 0 aliphatic carbocycles. The molecule has 0 radical (unpaired) electrons. The van der Waals surface area contributed by atoms with Crippen molar-refractivity contribution in [3.05, 3.63) is 0 Å². The van der Waals surface area contributed by atoms with Crippen molar-refractivity contribution in [1.82, 2.24) is 15.5 Å². The van der Waals surface area contributed by atoms with Crippen LogP contribution >= 0.6 is 0 Å². The molecule has 1 heterocycles. The van der Waals surface area contributed by atoms with Crippen molar-refractivity contribution in [1.29, 1.82) is 0 Å². The molecular formula is C15H27N3O4. The molecule has 1 rings (SSSR count). The van der Waals surface area contributed by atoms with Crippen LogP contribution < -0.4 is 10.6 Å². The fraction of sp³-hybridized carbons (Fsp3) is 0.800. The Labute approximate surface area is 131 Å².